The van der Waals surface area contributed by atoms with Gasteiger partial charge in [0.05, 0.1) is 9.26 Å². The van der Waals surface area contributed by atoms with Crippen LogP contribution in [-0.2, 0) is 0 Å². The van der Waals surface area contributed by atoms with Crippen molar-refractivity contribution in [1.82, 2.24) is 9.97 Å². The normalized spacial score (nSPS) is 14.2. The van der Waals surface area contributed by atoms with E-state index in [0.717, 1.165) is 34.6 Å². The Balaban J connectivity index is 2.03. The van der Waals surface area contributed by atoms with Gasteiger partial charge < -0.3 is 5.32 Å². The molecule has 0 bridgehead atoms. The first kappa shape index (κ1) is 15.2. The summed E-state index contributed by atoms with van der Waals surface area (Å²) in [7, 11) is 0. The summed E-state index contributed by atoms with van der Waals surface area (Å²) in [6.45, 7) is 3.11. The zero-order valence-electron chi connectivity index (χ0n) is 11.9. The summed E-state index contributed by atoms with van der Waals surface area (Å²) in [5, 5.41) is 3.44. The maximum Gasteiger partial charge on any atom is 0.161 e. The maximum absolute atomic E-state index is 4.83. The van der Waals surface area contributed by atoms with Crippen molar-refractivity contribution >= 4 is 44.3 Å². The molecule has 3 rings (SSSR count). The highest BCUT2D eigenvalue weighted by Crippen LogP contribution is 2.43. The van der Waals surface area contributed by atoms with Crippen LogP contribution in [0.15, 0.2) is 28.7 Å². The molecule has 0 unspecified atom stereocenters. The Morgan fingerprint density at radius 3 is 2.57 bits per heavy atom. The third-order valence-electron chi connectivity index (χ3n) is 3.49. The van der Waals surface area contributed by atoms with Crippen molar-refractivity contribution in [2.45, 2.75) is 32.1 Å². The van der Waals surface area contributed by atoms with Crippen molar-refractivity contribution in [2.24, 2.45) is 0 Å². The number of halogens is 2. The molecule has 1 aromatic carbocycles. The maximum atomic E-state index is 4.83. The Bertz CT molecular complexity index is 639. The zero-order chi connectivity index (χ0) is 14.8. The molecule has 5 heteroatoms. The van der Waals surface area contributed by atoms with Gasteiger partial charge in [-0.1, -0.05) is 35.0 Å². The lowest BCUT2D eigenvalue weighted by Gasteiger charge is -2.12. The first-order valence-electron chi connectivity index (χ1n) is 7.26. The molecule has 1 saturated carbocycles. The molecule has 0 atom stereocenters. The third-order valence-corrected chi connectivity index (χ3v) is 5.08. The standard InChI is InChI=1S/C16H17BrIN3/c1-2-9-19-16-13(18)14(10-3-4-10)20-15(21-16)11-5-7-12(17)8-6-11/h5-8,10H,2-4,9H2,1H3,(H,19,20,21). The molecule has 1 fully saturated rings. The average Bonchev–Trinajstić information content (AvgIpc) is 3.32. The number of rotatable bonds is 5. The third kappa shape index (κ3) is 3.56. The van der Waals surface area contributed by atoms with Crippen molar-refractivity contribution in [3.8, 4) is 11.4 Å². The van der Waals surface area contributed by atoms with E-state index in [-0.39, 0.29) is 0 Å². The van der Waals surface area contributed by atoms with Crippen molar-refractivity contribution in [3.63, 3.8) is 0 Å². The summed E-state index contributed by atoms with van der Waals surface area (Å²) in [5.41, 5.74) is 2.28. The molecule has 1 heterocycles. The molecule has 2 aromatic rings. The van der Waals surface area contributed by atoms with E-state index in [4.69, 9.17) is 9.97 Å². The summed E-state index contributed by atoms with van der Waals surface area (Å²) >= 11 is 5.85. The van der Waals surface area contributed by atoms with Gasteiger partial charge in [-0.15, -0.1) is 0 Å². The number of hydrogen-bond donors (Lipinski definition) is 1. The highest BCUT2D eigenvalue weighted by molar-refractivity contribution is 14.1. The second kappa shape index (κ2) is 6.60. The minimum Gasteiger partial charge on any atom is -0.369 e. The Morgan fingerprint density at radius 1 is 1.24 bits per heavy atom. The fraction of sp³-hybridized carbons (Fsp3) is 0.375. The van der Waals surface area contributed by atoms with Crippen LogP contribution >= 0.6 is 38.5 Å². The molecule has 0 amide bonds. The summed E-state index contributed by atoms with van der Waals surface area (Å²) in [6, 6.07) is 8.19. The van der Waals surface area contributed by atoms with Gasteiger partial charge in [0.25, 0.3) is 0 Å². The van der Waals surface area contributed by atoms with E-state index in [2.05, 4.69) is 62.9 Å². The van der Waals surface area contributed by atoms with E-state index < -0.39 is 0 Å². The molecule has 0 radical (unpaired) electrons. The van der Waals surface area contributed by atoms with Crippen LogP contribution < -0.4 is 5.32 Å². The van der Waals surface area contributed by atoms with Crippen LogP contribution in [0.1, 0.15) is 37.8 Å². The Hall–Kier alpha value is -0.690. The lowest BCUT2D eigenvalue weighted by Crippen LogP contribution is -2.08. The van der Waals surface area contributed by atoms with Gasteiger partial charge in [-0.25, -0.2) is 9.97 Å². The quantitative estimate of drug-likeness (QED) is 0.626. The fourth-order valence-electron chi connectivity index (χ4n) is 2.18. The second-order valence-electron chi connectivity index (χ2n) is 5.30. The largest absolute Gasteiger partial charge is 0.369 e. The van der Waals surface area contributed by atoms with Crippen LogP contribution in [0, 0.1) is 3.57 Å². The van der Waals surface area contributed by atoms with Crippen molar-refractivity contribution in [2.75, 3.05) is 11.9 Å². The van der Waals surface area contributed by atoms with E-state index in [1.165, 1.54) is 22.1 Å². The molecule has 1 aliphatic rings. The first-order valence-corrected chi connectivity index (χ1v) is 9.13. The van der Waals surface area contributed by atoms with Crippen LogP contribution in [-0.4, -0.2) is 16.5 Å². The van der Waals surface area contributed by atoms with Gasteiger partial charge in [0.2, 0.25) is 0 Å². The number of aromatic nitrogens is 2. The lowest BCUT2D eigenvalue weighted by atomic mass is 10.2. The topological polar surface area (TPSA) is 37.8 Å². The summed E-state index contributed by atoms with van der Waals surface area (Å²) < 4.78 is 2.26. The van der Waals surface area contributed by atoms with Crippen molar-refractivity contribution in [3.05, 3.63) is 38.0 Å². The highest BCUT2D eigenvalue weighted by atomic mass is 127. The molecular weight excluding hydrogens is 441 g/mol. The molecule has 21 heavy (non-hydrogen) atoms. The summed E-state index contributed by atoms with van der Waals surface area (Å²) in [4.78, 5) is 9.56. The van der Waals surface area contributed by atoms with E-state index in [9.17, 15) is 0 Å². The Labute approximate surface area is 147 Å². The van der Waals surface area contributed by atoms with Crippen LogP contribution in [0.25, 0.3) is 11.4 Å². The predicted molar refractivity (Wildman–Crippen MR) is 98.6 cm³/mol. The molecule has 0 saturated heterocycles. The summed E-state index contributed by atoms with van der Waals surface area (Å²) in [6.07, 6.45) is 3.59. The second-order valence-corrected chi connectivity index (χ2v) is 7.30. The van der Waals surface area contributed by atoms with Crippen LogP contribution in [0.5, 0.6) is 0 Å². The van der Waals surface area contributed by atoms with Gasteiger partial charge in [0, 0.05) is 22.5 Å². The van der Waals surface area contributed by atoms with E-state index in [1.54, 1.807) is 0 Å². The fourth-order valence-corrected chi connectivity index (χ4v) is 3.32. The first-order chi connectivity index (χ1) is 10.2. The predicted octanol–water partition coefficient (Wildman–Crippen LogP) is 5.21. The number of nitrogens with one attached hydrogen (secondary N) is 1. The van der Waals surface area contributed by atoms with Gasteiger partial charge in [-0.05, 0) is 54.0 Å². The van der Waals surface area contributed by atoms with E-state index in [0.29, 0.717) is 5.92 Å². The molecule has 1 N–H and O–H groups in total. The monoisotopic (exact) mass is 457 g/mol. The van der Waals surface area contributed by atoms with Gasteiger partial charge in [-0.2, -0.15) is 0 Å². The van der Waals surface area contributed by atoms with Gasteiger partial charge >= 0.3 is 0 Å². The molecule has 1 aromatic heterocycles. The van der Waals surface area contributed by atoms with Gasteiger partial charge in [-0.3, -0.25) is 0 Å². The molecule has 0 spiro atoms. The summed E-state index contributed by atoms with van der Waals surface area (Å²) in [5.74, 6) is 2.42. The minimum atomic E-state index is 0.622. The zero-order valence-corrected chi connectivity index (χ0v) is 15.6. The molecule has 110 valence electrons. The van der Waals surface area contributed by atoms with Crippen LogP contribution in [0.4, 0.5) is 5.82 Å². The number of benzene rings is 1. The average molecular weight is 458 g/mol. The van der Waals surface area contributed by atoms with Gasteiger partial charge in [0.1, 0.15) is 5.82 Å². The SMILES string of the molecule is CCCNc1nc(-c2ccc(Br)cc2)nc(C2CC2)c1I. The minimum absolute atomic E-state index is 0.622. The van der Waals surface area contributed by atoms with Crippen molar-refractivity contribution in [1.29, 1.82) is 0 Å². The number of anilines is 1. The lowest BCUT2D eigenvalue weighted by molar-refractivity contribution is 0.939. The van der Waals surface area contributed by atoms with Crippen molar-refractivity contribution < 1.29 is 0 Å². The molecule has 1 aliphatic carbocycles. The Kier molecular flexibility index (Phi) is 4.78. The van der Waals surface area contributed by atoms with Gasteiger partial charge in [0.15, 0.2) is 5.82 Å². The van der Waals surface area contributed by atoms with E-state index >= 15 is 0 Å². The smallest absolute Gasteiger partial charge is 0.161 e. The molecule has 0 aliphatic heterocycles. The van der Waals surface area contributed by atoms with Crippen LogP contribution in [0.2, 0.25) is 0 Å². The highest BCUT2D eigenvalue weighted by Gasteiger charge is 2.29. The molecule has 3 nitrogen and oxygen atoms in total. The number of nitrogens with zero attached hydrogens (tertiary/aromatic N) is 2. The number of hydrogen-bond acceptors (Lipinski definition) is 3. The Morgan fingerprint density at radius 2 is 1.95 bits per heavy atom. The van der Waals surface area contributed by atoms with E-state index in [1.807, 2.05) is 12.1 Å². The van der Waals surface area contributed by atoms with Crippen LogP contribution in [0.3, 0.4) is 0 Å². The molecular formula is C16H17BrIN3.